The first-order valence-electron chi connectivity index (χ1n) is 7.55. The maximum atomic E-state index is 12.0. The second-order valence-corrected chi connectivity index (χ2v) is 6.55. The van der Waals surface area contributed by atoms with Crippen LogP contribution >= 0.6 is 11.3 Å². The summed E-state index contributed by atoms with van der Waals surface area (Å²) in [5.41, 5.74) is 1.49. The van der Waals surface area contributed by atoms with Crippen molar-refractivity contribution >= 4 is 33.3 Å². The van der Waals surface area contributed by atoms with Gasteiger partial charge in [-0.2, -0.15) is 5.26 Å². The Hall–Kier alpha value is -2.21. The van der Waals surface area contributed by atoms with Gasteiger partial charge in [0.05, 0.1) is 29.4 Å². The number of methoxy groups -OCH3 is 1. The molecule has 3 rings (SSSR count). The molecule has 0 bridgehead atoms. The first-order valence-corrected chi connectivity index (χ1v) is 8.36. The molecule has 7 nitrogen and oxygen atoms in total. The van der Waals surface area contributed by atoms with E-state index in [1.54, 1.807) is 12.0 Å². The number of aliphatic hydroxyl groups excluding tert-OH is 1. The fraction of sp³-hybridized carbons (Fsp3) is 0.438. The van der Waals surface area contributed by atoms with E-state index in [0.717, 1.165) is 15.9 Å². The zero-order valence-electron chi connectivity index (χ0n) is 13.1. The van der Waals surface area contributed by atoms with E-state index in [-0.39, 0.29) is 12.5 Å². The quantitative estimate of drug-likeness (QED) is 0.863. The maximum absolute atomic E-state index is 12.0. The molecule has 2 heterocycles. The number of aliphatic hydroxyl groups is 1. The third-order valence-corrected chi connectivity index (χ3v) is 4.86. The summed E-state index contributed by atoms with van der Waals surface area (Å²) in [5.74, 6) is 0. The molecule has 1 aliphatic heterocycles. The van der Waals surface area contributed by atoms with Gasteiger partial charge in [0, 0.05) is 19.2 Å². The number of fused-ring (bicyclic) bond motifs is 1. The Morgan fingerprint density at radius 1 is 1.62 bits per heavy atom. The molecule has 0 spiro atoms. The number of thiazole rings is 1. The number of carbonyl (C=O) groups excluding carboxylic acids is 1. The number of rotatable bonds is 6. The first kappa shape index (κ1) is 16.6. The predicted molar refractivity (Wildman–Crippen MR) is 88.9 cm³/mol. The summed E-state index contributed by atoms with van der Waals surface area (Å²) in [6, 6.07) is 7.51. The first-order chi connectivity index (χ1) is 11.6. The molecule has 126 valence electrons. The minimum absolute atomic E-state index is 0.275. The number of cyclic esters (lactones) is 1. The lowest BCUT2D eigenvalue weighted by Gasteiger charge is -2.12. The third-order valence-electron chi connectivity index (χ3n) is 3.74. The lowest BCUT2D eigenvalue weighted by atomic mass is 10.2. The number of hydrogen-bond acceptors (Lipinski definition) is 7. The van der Waals surface area contributed by atoms with Gasteiger partial charge in [0.25, 0.3) is 0 Å². The Morgan fingerprint density at radius 2 is 2.46 bits per heavy atom. The van der Waals surface area contributed by atoms with Crippen LogP contribution in [0.1, 0.15) is 24.0 Å². The van der Waals surface area contributed by atoms with Crippen molar-refractivity contribution in [3.63, 3.8) is 0 Å². The summed E-state index contributed by atoms with van der Waals surface area (Å²) < 4.78 is 11.2. The highest BCUT2D eigenvalue weighted by molar-refractivity contribution is 7.18. The van der Waals surface area contributed by atoms with E-state index in [1.807, 2.05) is 24.3 Å². The van der Waals surface area contributed by atoms with Crippen LogP contribution in [-0.4, -0.2) is 42.5 Å². The average molecular weight is 347 g/mol. The SMILES string of the molecule is COCC1CN(c2ccc3nc(C(O)CCC#N)sc3c2)C(=O)O1. The number of benzene rings is 1. The molecule has 1 amide bonds. The standard InChI is InChI=1S/C16H17N3O4S/c1-22-9-11-8-19(16(21)23-11)10-4-5-12-14(7-10)24-15(18-12)13(20)3-2-6-17/h4-5,7,11,13,20H,2-3,8-9H2,1H3. The Kier molecular flexibility index (Phi) is 4.94. The number of nitriles is 1. The molecule has 1 fully saturated rings. The molecule has 2 aromatic rings. The number of amides is 1. The highest BCUT2D eigenvalue weighted by atomic mass is 32.1. The molecule has 1 saturated heterocycles. The fourth-order valence-electron chi connectivity index (χ4n) is 2.57. The van der Waals surface area contributed by atoms with Crippen molar-refractivity contribution < 1.29 is 19.4 Å². The van der Waals surface area contributed by atoms with Crippen LogP contribution in [0.3, 0.4) is 0 Å². The minimum Gasteiger partial charge on any atom is -0.441 e. The number of anilines is 1. The van der Waals surface area contributed by atoms with E-state index < -0.39 is 12.2 Å². The van der Waals surface area contributed by atoms with Crippen molar-refractivity contribution in [3.8, 4) is 6.07 Å². The summed E-state index contributed by atoms with van der Waals surface area (Å²) in [4.78, 5) is 18.0. The molecule has 2 atom stereocenters. The fourth-order valence-corrected chi connectivity index (χ4v) is 3.59. The van der Waals surface area contributed by atoms with E-state index in [2.05, 4.69) is 4.98 Å². The molecular formula is C16H17N3O4S. The van der Waals surface area contributed by atoms with Crippen LogP contribution in [0.15, 0.2) is 18.2 Å². The monoisotopic (exact) mass is 347 g/mol. The Labute approximate surface area is 143 Å². The molecule has 0 saturated carbocycles. The Morgan fingerprint density at radius 3 is 3.21 bits per heavy atom. The van der Waals surface area contributed by atoms with E-state index in [9.17, 15) is 9.90 Å². The van der Waals surface area contributed by atoms with Crippen LogP contribution in [0.5, 0.6) is 0 Å². The van der Waals surface area contributed by atoms with Crippen LogP contribution in [0.4, 0.5) is 10.5 Å². The smallest absolute Gasteiger partial charge is 0.414 e. The van der Waals surface area contributed by atoms with Gasteiger partial charge in [0.2, 0.25) is 0 Å². The van der Waals surface area contributed by atoms with Gasteiger partial charge in [-0.05, 0) is 24.6 Å². The van der Waals surface area contributed by atoms with E-state index in [4.69, 9.17) is 14.7 Å². The largest absolute Gasteiger partial charge is 0.441 e. The second-order valence-electron chi connectivity index (χ2n) is 5.49. The number of carbonyl (C=O) groups is 1. The van der Waals surface area contributed by atoms with Gasteiger partial charge < -0.3 is 14.6 Å². The lowest BCUT2D eigenvalue weighted by molar-refractivity contribution is 0.0718. The van der Waals surface area contributed by atoms with Crippen molar-refractivity contribution in [2.75, 3.05) is 25.2 Å². The number of ether oxygens (including phenoxy) is 2. The summed E-state index contributed by atoms with van der Waals surface area (Å²) in [6.07, 6.45) is -0.769. The zero-order valence-corrected chi connectivity index (χ0v) is 14.0. The van der Waals surface area contributed by atoms with Crippen molar-refractivity contribution in [2.45, 2.75) is 25.0 Å². The van der Waals surface area contributed by atoms with Gasteiger partial charge >= 0.3 is 6.09 Å². The molecule has 1 aliphatic rings. The Bertz CT molecular complexity index is 785. The predicted octanol–water partition coefficient (Wildman–Crippen LogP) is 2.61. The molecule has 0 radical (unpaired) electrons. The summed E-state index contributed by atoms with van der Waals surface area (Å²) in [7, 11) is 1.57. The summed E-state index contributed by atoms with van der Waals surface area (Å²) >= 11 is 1.37. The van der Waals surface area contributed by atoms with E-state index >= 15 is 0 Å². The number of hydrogen-bond donors (Lipinski definition) is 1. The van der Waals surface area contributed by atoms with Crippen molar-refractivity contribution in [1.29, 1.82) is 5.26 Å². The van der Waals surface area contributed by atoms with Gasteiger partial charge in [-0.25, -0.2) is 9.78 Å². The molecule has 24 heavy (non-hydrogen) atoms. The molecule has 1 aromatic carbocycles. The van der Waals surface area contributed by atoms with Crippen LogP contribution in [0.2, 0.25) is 0 Å². The van der Waals surface area contributed by atoms with Crippen molar-refractivity contribution in [1.82, 2.24) is 4.98 Å². The van der Waals surface area contributed by atoms with Gasteiger partial charge in [0.15, 0.2) is 0 Å². The number of nitrogens with zero attached hydrogens (tertiary/aromatic N) is 3. The summed E-state index contributed by atoms with van der Waals surface area (Å²) in [5, 5.41) is 19.3. The molecule has 8 heteroatoms. The van der Waals surface area contributed by atoms with E-state index in [1.165, 1.54) is 11.3 Å². The topological polar surface area (TPSA) is 95.7 Å². The van der Waals surface area contributed by atoms with Crippen LogP contribution in [0.25, 0.3) is 10.2 Å². The van der Waals surface area contributed by atoms with Crippen molar-refractivity contribution in [2.24, 2.45) is 0 Å². The molecule has 0 aliphatic carbocycles. The van der Waals surface area contributed by atoms with Crippen LogP contribution in [-0.2, 0) is 9.47 Å². The highest BCUT2D eigenvalue weighted by Crippen LogP contribution is 2.32. The van der Waals surface area contributed by atoms with Gasteiger partial charge in [0.1, 0.15) is 17.2 Å². The van der Waals surface area contributed by atoms with Gasteiger partial charge in [-0.15, -0.1) is 11.3 Å². The third kappa shape index (κ3) is 3.33. The molecule has 1 N–H and O–H groups in total. The van der Waals surface area contributed by atoms with Gasteiger partial charge in [-0.3, -0.25) is 4.90 Å². The number of aromatic nitrogens is 1. The normalized spacial score (nSPS) is 18.6. The van der Waals surface area contributed by atoms with Crippen LogP contribution in [0, 0.1) is 11.3 Å². The summed E-state index contributed by atoms with van der Waals surface area (Å²) in [6.45, 7) is 0.801. The molecule has 2 unspecified atom stereocenters. The Balaban J connectivity index is 1.81. The highest BCUT2D eigenvalue weighted by Gasteiger charge is 2.32. The maximum Gasteiger partial charge on any atom is 0.414 e. The van der Waals surface area contributed by atoms with Gasteiger partial charge in [-0.1, -0.05) is 0 Å². The molecule has 1 aromatic heterocycles. The molecular weight excluding hydrogens is 330 g/mol. The second kappa shape index (κ2) is 7.13. The van der Waals surface area contributed by atoms with Crippen molar-refractivity contribution in [3.05, 3.63) is 23.2 Å². The van der Waals surface area contributed by atoms with Crippen LogP contribution < -0.4 is 4.90 Å². The average Bonchev–Trinajstić information content (AvgIpc) is 3.15. The van der Waals surface area contributed by atoms with E-state index in [0.29, 0.717) is 24.6 Å². The zero-order chi connectivity index (χ0) is 17.1. The minimum atomic E-state index is -0.742. The lowest BCUT2D eigenvalue weighted by Crippen LogP contribution is -2.25.